The number of sulfone groups is 1. The minimum atomic E-state index is -3.45. The minimum Gasteiger partial charge on any atom is -0.617 e. The van der Waals surface area contributed by atoms with Crippen LogP contribution in [0.5, 0.6) is 0 Å². The van der Waals surface area contributed by atoms with E-state index in [1.807, 2.05) is 13.0 Å². The van der Waals surface area contributed by atoms with Gasteiger partial charge in [0.05, 0.1) is 18.6 Å². The summed E-state index contributed by atoms with van der Waals surface area (Å²) < 4.78 is 35.7. The Morgan fingerprint density at radius 2 is 2.19 bits per heavy atom. The van der Waals surface area contributed by atoms with Crippen LogP contribution in [-0.2, 0) is 21.0 Å². The molecule has 180 valence electrons. The molecule has 0 aromatic heterocycles. The van der Waals surface area contributed by atoms with Crippen molar-refractivity contribution >= 4 is 32.9 Å². The molecule has 6 N–H and O–H groups in total. The Hall–Kier alpha value is -2.02. The van der Waals surface area contributed by atoms with Crippen LogP contribution < -0.4 is 21.7 Å². The van der Waals surface area contributed by atoms with Crippen molar-refractivity contribution in [3.63, 3.8) is 0 Å². The summed E-state index contributed by atoms with van der Waals surface area (Å²) in [4.78, 5) is 16.1. The second-order valence-electron chi connectivity index (χ2n) is 7.65. The quantitative estimate of drug-likeness (QED) is 0.185. The second-order valence-corrected chi connectivity index (χ2v) is 11.6. The number of carbonyl (C=O) groups is 1. The summed E-state index contributed by atoms with van der Waals surface area (Å²) in [5.41, 5.74) is 7.30. The molecule has 12 heteroatoms. The average molecular weight is 488 g/mol. The van der Waals surface area contributed by atoms with E-state index in [2.05, 4.69) is 20.9 Å². The molecule has 10 nitrogen and oxygen atoms in total. The number of hydrogen-bond donors (Lipinski definition) is 5. The molecule has 0 aromatic carbocycles. The number of nitrogens with two attached hydrogens (primary N) is 1. The molecule has 0 saturated heterocycles. The van der Waals surface area contributed by atoms with E-state index in [1.54, 1.807) is 24.5 Å². The molecule has 1 heterocycles. The third-order valence-electron chi connectivity index (χ3n) is 5.24. The summed E-state index contributed by atoms with van der Waals surface area (Å²) in [6, 6.07) is -0.353. The molecule has 1 unspecified atom stereocenters. The SMILES string of the molecule is C/C=C(\C=C/CNC(=O)NCC[S+](C)[O-])[C@@H]1N=C(N)C=C(C2(S(=O)(=O)CCCO)CC2)N1. The zero-order chi connectivity index (χ0) is 23.8. The third kappa shape index (κ3) is 6.99. The molecule has 2 rings (SSSR count). The average Bonchev–Trinajstić information content (AvgIpc) is 3.54. The Morgan fingerprint density at radius 3 is 2.78 bits per heavy atom. The number of aliphatic hydroxyl groups excluding tert-OH is 1. The molecular formula is C20H33N5O5S2. The first-order valence-corrected chi connectivity index (χ1v) is 13.8. The van der Waals surface area contributed by atoms with Crippen molar-refractivity contribution in [1.29, 1.82) is 0 Å². The van der Waals surface area contributed by atoms with E-state index < -0.39 is 31.9 Å². The number of amides is 2. The maximum absolute atomic E-state index is 12.8. The van der Waals surface area contributed by atoms with Gasteiger partial charge in [-0.2, -0.15) is 0 Å². The lowest BCUT2D eigenvalue weighted by Gasteiger charge is -2.29. The van der Waals surface area contributed by atoms with Crippen molar-refractivity contribution in [3.05, 3.63) is 35.6 Å². The molecule has 1 aliphatic heterocycles. The van der Waals surface area contributed by atoms with Gasteiger partial charge in [0.1, 0.15) is 22.5 Å². The Balaban J connectivity index is 1.97. The van der Waals surface area contributed by atoms with Crippen LogP contribution in [0.3, 0.4) is 0 Å². The highest BCUT2D eigenvalue weighted by molar-refractivity contribution is 7.93. The lowest BCUT2D eigenvalue weighted by molar-refractivity contribution is 0.242. The number of aliphatic hydroxyl groups is 1. The summed E-state index contributed by atoms with van der Waals surface area (Å²) in [5, 5.41) is 17.5. The van der Waals surface area contributed by atoms with Gasteiger partial charge in [-0.3, -0.25) is 0 Å². The van der Waals surface area contributed by atoms with E-state index in [1.165, 1.54) is 0 Å². The maximum Gasteiger partial charge on any atom is 0.315 e. The Labute approximate surface area is 192 Å². The zero-order valence-corrected chi connectivity index (χ0v) is 20.1. The van der Waals surface area contributed by atoms with Crippen molar-refractivity contribution in [3.8, 4) is 0 Å². The topological polar surface area (TPSA) is 169 Å². The lowest BCUT2D eigenvalue weighted by atomic mass is 10.1. The Kier molecular flexibility index (Phi) is 9.62. The van der Waals surface area contributed by atoms with Crippen LogP contribution >= 0.6 is 0 Å². The molecule has 0 spiro atoms. The Bertz CT molecular complexity index is 892. The van der Waals surface area contributed by atoms with E-state index >= 15 is 0 Å². The molecule has 2 aliphatic rings. The van der Waals surface area contributed by atoms with Crippen molar-refractivity contribution < 1.29 is 22.9 Å². The molecule has 2 atom stereocenters. The van der Waals surface area contributed by atoms with Crippen molar-refractivity contribution in [2.75, 3.05) is 37.5 Å². The number of nitrogens with one attached hydrogen (secondary N) is 3. The van der Waals surface area contributed by atoms with Crippen LogP contribution in [0, 0.1) is 0 Å². The Morgan fingerprint density at radius 1 is 1.47 bits per heavy atom. The first kappa shape index (κ1) is 26.2. The molecular weight excluding hydrogens is 454 g/mol. The van der Waals surface area contributed by atoms with Crippen LogP contribution in [-0.4, -0.2) is 78.3 Å². The van der Waals surface area contributed by atoms with Gasteiger partial charge in [-0.1, -0.05) is 29.4 Å². The number of urea groups is 1. The number of hydrogen-bond acceptors (Lipinski definition) is 8. The predicted octanol–water partition coefficient (Wildman–Crippen LogP) is -0.333. The van der Waals surface area contributed by atoms with Gasteiger partial charge in [0, 0.05) is 24.9 Å². The molecule has 0 bridgehead atoms. The molecule has 1 fully saturated rings. The van der Waals surface area contributed by atoms with Gasteiger partial charge in [-0.05, 0) is 31.8 Å². The number of amidine groups is 1. The van der Waals surface area contributed by atoms with Gasteiger partial charge in [0.2, 0.25) is 0 Å². The maximum atomic E-state index is 12.8. The van der Waals surface area contributed by atoms with E-state index in [0.717, 1.165) is 5.57 Å². The zero-order valence-electron chi connectivity index (χ0n) is 18.5. The molecule has 0 radical (unpaired) electrons. The number of nitrogens with zero attached hydrogens (tertiary/aromatic N) is 1. The number of aliphatic imine (C=N–C) groups is 1. The van der Waals surface area contributed by atoms with Crippen molar-refractivity contribution in [1.82, 2.24) is 16.0 Å². The minimum absolute atomic E-state index is 0.0808. The predicted molar refractivity (Wildman–Crippen MR) is 127 cm³/mol. The van der Waals surface area contributed by atoms with Crippen LogP contribution in [0.2, 0.25) is 0 Å². The van der Waals surface area contributed by atoms with Crippen molar-refractivity contribution in [2.24, 2.45) is 10.7 Å². The first-order valence-electron chi connectivity index (χ1n) is 10.4. The van der Waals surface area contributed by atoms with E-state index in [4.69, 9.17) is 10.8 Å². The summed E-state index contributed by atoms with van der Waals surface area (Å²) >= 11 is -0.962. The highest BCUT2D eigenvalue weighted by Gasteiger charge is 2.57. The van der Waals surface area contributed by atoms with Gasteiger partial charge in [-0.15, -0.1) is 0 Å². The van der Waals surface area contributed by atoms with Gasteiger partial charge >= 0.3 is 6.03 Å². The highest BCUT2D eigenvalue weighted by Crippen LogP contribution is 2.49. The van der Waals surface area contributed by atoms with Gasteiger partial charge in [-0.25, -0.2) is 18.2 Å². The summed E-state index contributed by atoms with van der Waals surface area (Å²) in [6.07, 6.45) is 9.19. The molecule has 1 saturated carbocycles. The number of rotatable bonds is 12. The molecule has 2 amide bonds. The normalized spacial score (nSPS) is 21.4. The fourth-order valence-corrected chi connectivity index (χ4v) is 5.82. The van der Waals surface area contributed by atoms with E-state index in [0.29, 0.717) is 30.8 Å². The van der Waals surface area contributed by atoms with Crippen LogP contribution in [0.4, 0.5) is 4.79 Å². The number of allylic oxidation sites excluding steroid dienone is 1. The van der Waals surface area contributed by atoms with E-state index in [-0.39, 0.29) is 37.2 Å². The fourth-order valence-electron chi connectivity index (χ4n) is 3.35. The molecule has 0 aromatic rings. The van der Waals surface area contributed by atoms with Crippen LogP contribution in [0.15, 0.2) is 40.6 Å². The summed E-state index contributed by atoms with van der Waals surface area (Å²) in [7, 11) is -3.45. The smallest absolute Gasteiger partial charge is 0.315 e. The van der Waals surface area contributed by atoms with E-state index in [9.17, 15) is 17.8 Å². The monoisotopic (exact) mass is 487 g/mol. The van der Waals surface area contributed by atoms with Gasteiger partial charge in [0.25, 0.3) is 0 Å². The van der Waals surface area contributed by atoms with Crippen molar-refractivity contribution in [2.45, 2.75) is 37.1 Å². The third-order valence-corrected chi connectivity index (χ3v) is 8.66. The van der Waals surface area contributed by atoms with Gasteiger partial charge in [0.15, 0.2) is 9.84 Å². The standard InChI is InChI=1S/C20H33N5O5S2/c1-3-15(6-4-9-22-19(27)23-10-12-31(2)28)18-24-16(14-17(21)25-18)20(7-8-20)32(29,30)13-5-11-26/h3-4,6,14,18,24,26H,5,7-13H2,1-2H3,(H2,21,25)(H2,22,23,27)/b6-4-,15-3+/t18-,31?/m0/s1. The van der Waals surface area contributed by atoms with Crippen LogP contribution in [0.1, 0.15) is 26.2 Å². The summed E-state index contributed by atoms with van der Waals surface area (Å²) in [6.45, 7) is 2.26. The second kappa shape index (κ2) is 11.7. The fraction of sp³-hybridized carbons (Fsp3) is 0.600. The van der Waals surface area contributed by atoms with Gasteiger partial charge < -0.3 is 31.3 Å². The number of carbonyl (C=O) groups excluding carboxylic acids is 1. The first-order chi connectivity index (χ1) is 15.1. The molecule has 32 heavy (non-hydrogen) atoms. The summed E-state index contributed by atoms with van der Waals surface area (Å²) in [5.74, 6) is 0.555. The largest absolute Gasteiger partial charge is 0.617 e. The van der Waals surface area contributed by atoms with Crippen LogP contribution in [0.25, 0.3) is 0 Å². The highest BCUT2D eigenvalue weighted by atomic mass is 32.2. The molecule has 1 aliphatic carbocycles. The lowest BCUT2D eigenvalue weighted by Crippen LogP contribution is -2.43.